The fraction of sp³-hybridized carbons (Fsp3) is 0.235. The van der Waals surface area contributed by atoms with E-state index in [1.54, 1.807) is 36.4 Å². The molecule has 4 nitrogen and oxygen atoms in total. The molecule has 0 aliphatic heterocycles. The summed E-state index contributed by atoms with van der Waals surface area (Å²) in [6.07, 6.45) is 0. The van der Waals surface area contributed by atoms with E-state index in [4.69, 9.17) is 11.6 Å². The standard InChI is InChI=1S/C17H19ClN2O2S/c1-17(2,3)12-4-10-15(11-5-12)23(22)20-16(21)19-14-8-6-13(18)7-9-14/h4-11H,1-3H3,(H2,19,20,21). The second kappa shape index (κ2) is 7.15. The molecule has 2 amide bonds. The first kappa shape index (κ1) is 17.5. The lowest BCUT2D eigenvalue weighted by Gasteiger charge is -2.19. The SMILES string of the molecule is CC(C)(C)c1ccc(S(=O)NC(=O)Nc2ccc(Cl)cc2)cc1. The van der Waals surface area contributed by atoms with Gasteiger partial charge >= 0.3 is 6.03 Å². The third-order valence-corrected chi connectivity index (χ3v) is 4.54. The highest BCUT2D eigenvalue weighted by molar-refractivity contribution is 7.83. The van der Waals surface area contributed by atoms with E-state index in [1.165, 1.54) is 0 Å². The van der Waals surface area contributed by atoms with Gasteiger partial charge in [-0.2, -0.15) is 0 Å². The summed E-state index contributed by atoms with van der Waals surface area (Å²) < 4.78 is 14.6. The summed E-state index contributed by atoms with van der Waals surface area (Å²) in [6.45, 7) is 6.32. The number of hydrogen-bond donors (Lipinski definition) is 2. The Balaban J connectivity index is 1.98. The number of nitrogens with one attached hydrogen (secondary N) is 2. The number of halogens is 1. The first-order valence-corrected chi connectivity index (χ1v) is 8.64. The molecular weight excluding hydrogens is 332 g/mol. The maximum atomic E-state index is 12.2. The first-order chi connectivity index (χ1) is 10.8. The number of carbonyl (C=O) groups excluding carboxylic acids is 1. The predicted octanol–water partition coefficient (Wildman–Crippen LogP) is 4.48. The van der Waals surface area contributed by atoms with Crippen LogP contribution in [-0.4, -0.2) is 10.2 Å². The molecule has 0 spiro atoms. The van der Waals surface area contributed by atoms with Gasteiger partial charge in [-0.05, 0) is 47.4 Å². The molecule has 1 atom stereocenters. The highest BCUT2D eigenvalue weighted by Gasteiger charge is 2.14. The number of rotatable bonds is 3. The Hall–Kier alpha value is -1.85. The molecule has 2 N–H and O–H groups in total. The van der Waals surface area contributed by atoms with Crippen LogP contribution in [-0.2, 0) is 16.4 Å². The van der Waals surface area contributed by atoms with Crippen LogP contribution in [0.1, 0.15) is 26.3 Å². The predicted molar refractivity (Wildman–Crippen MR) is 95.2 cm³/mol. The van der Waals surface area contributed by atoms with E-state index in [9.17, 15) is 9.00 Å². The van der Waals surface area contributed by atoms with Crippen molar-refractivity contribution >= 4 is 34.3 Å². The lowest BCUT2D eigenvalue weighted by molar-refractivity contribution is 0.257. The highest BCUT2D eigenvalue weighted by Crippen LogP contribution is 2.22. The summed E-state index contributed by atoms with van der Waals surface area (Å²) in [7, 11) is -1.61. The Bertz CT molecular complexity index is 707. The van der Waals surface area contributed by atoms with Crippen LogP contribution >= 0.6 is 11.6 Å². The van der Waals surface area contributed by atoms with Gasteiger partial charge in [-0.25, -0.2) is 9.00 Å². The molecule has 0 aliphatic rings. The van der Waals surface area contributed by atoms with Gasteiger partial charge in [0.05, 0.1) is 4.90 Å². The van der Waals surface area contributed by atoms with Gasteiger partial charge in [0.2, 0.25) is 0 Å². The zero-order valence-electron chi connectivity index (χ0n) is 13.2. The van der Waals surface area contributed by atoms with Crippen molar-refractivity contribution in [1.82, 2.24) is 4.72 Å². The zero-order chi connectivity index (χ0) is 17.0. The molecule has 23 heavy (non-hydrogen) atoms. The Morgan fingerprint density at radius 1 is 1.00 bits per heavy atom. The quantitative estimate of drug-likeness (QED) is 0.857. The number of benzene rings is 2. The highest BCUT2D eigenvalue weighted by atomic mass is 35.5. The van der Waals surface area contributed by atoms with Crippen LogP contribution in [0.4, 0.5) is 10.5 Å². The molecule has 0 bridgehead atoms. The Labute approximate surface area is 143 Å². The Morgan fingerprint density at radius 3 is 2.09 bits per heavy atom. The third kappa shape index (κ3) is 5.08. The van der Waals surface area contributed by atoms with E-state index < -0.39 is 17.0 Å². The molecule has 0 saturated heterocycles. The minimum absolute atomic E-state index is 0.0272. The van der Waals surface area contributed by atoms with Crippen LogP contribution in [0, 0.1) is 0 Å². The molecular formula is C17H19ClN2O2S. The monoisotopic (exact) mass is 350 g/mol. The first-order valence-electron chi connectivity index (χ1n) is 7.11. The molecule has 0 fully saturated rings. The lowest BCUT2D eigenvalue weighted by Crippen LogP contribution is -2.30. The second-order valence-corrected chi connectivity index (χ2v) is 7.76. The maximum absolute atomic E-state index is 12.2. The van der Waals surface area contributed by atoms with Crippen molar-refractivity contribution in [2.75, 3.05) is 5.32 Å². The van der Waals surface area contributed by atoms with Crippen molar-refractivity contribution in [3.63, 3.8) is 0 Å². The van der Waals surface area contributed by atoms with Gasteiger partial charge in [0.15, 0.2) is 11.0 Å². The molecule has 1 unspecified atom stereocenters. The molecule has 2 aromatic rings. The van der Waals surface area contributed by atoms with Gasteiger partial charge in [0.25, 0.3) is 0 Å². The van der Waals surface area contributed by atoms with Crippen LogP contribution in [0.15, 0.2) is 53.4 Å². The molecule has 0 radical (unpaired) electrons. The van der Waals surface area contributed by atoms with E-state index in [2.05, 4.69) is 30.8 Å². The van der Waals surface area contributed by atoms with E-state index in [-0.39, 0.29) is 5.41 Å². The summed E-state index contributed by atoms with van der Waals surface area (Å²) >= 11 is 5.78. The van der Waals surface area contributed by atoms with Gasteiger partial charge in [-0.1, -0.05) is 44.5 Å². The van der Waals surface area contributed by atoms with Crippen molar-refractivity contribution < 1.29 is 9.00 Å². The largest absolute Gasteiger partial charge is 0.331 e. The van der Waals surface area contributed by atoms with E-state index in [0.717, 1.165) is 5.56 Å². The van der Waals surface area contributed by atoms with Crippen molar-refractivity contribution in [3.05, 3.63) is 59.1 Å². The van der Waals surface area contributed by atoms with Gasteiger partial charge in [0, 0.05) is 10.7 Å². The summed E-state index contributed by atoms with van der Waals surface area (Å²) in [5.74, 6) is 0. The molecule has 2 rings (SSSR count). The van der Waals surface area contributed by atoms with Gasteiger partial charge in [0.1, 0.15) is 0 Å². The van der Waals surface area contributed by atoms with E-state index >= 15 is 0 Å². The van der Waals surface area contributed by atoms with Gasteiger partial charge in [-0.3, -0.25) is 4.72 Å². The van der Waals surface area contributed by atoms with Crippen molar-refractivity contribution in [3.8, 4) is 0 Å². The fourth-order valence-electron chi connectivity index (χ4n) is 1.91. The Kier molecular flexibility index (Phi) is 5.44. The average Bonchev–Trinajstić information content (AvgIpc) is 2.49. The lowest BCUT2D eigenvalue weighted by atomic mass is 9.87. The van der Waals surface area contributed by atoms with E-state index in [0.29, 0.717) is 15.6 Å². The van der Waals surface area contributed by atoms with Crippen LogP contribution in [0.2, 0.25) is 5.02 Å². The van der Waals surface area contributed by atoms with Crippen LogP contribution in [0.3, 0.4) is 0 Å². The molecule has 2 aromatic carbocycles. The summed E-state index contributed by atoms with van der Waals surface area (Å²) in [5, 5.41) is 3.19. The van der Waals surface area contributed by atoms with Crippen LogP contribution in [0.5, 0.6) is 0 Å². The fourth-order valence-corrected chi connectivity index (χ4v) is 2.76. The number of carbonyl (C=O) groups is 1. The molecule has 0 aliphatic carbocycles. The zero-order valence-corrected chi connectivity index (χ0v) is 14.8. The van der Waals surface area contributed by atoms with Gasteiger partial charge in [-0.15, -0.1) is 0 Å². The smallest absolute Gasteiger partial charge is 0.307 e. The normalized spacial score (nSPS) is 12.5. The van der Waals surface area contributed by atoms with Crippen molar-refractivity contribution in [1.29, 1.82) is 0 Å². The number of urea groups is 1. The summed E-state index contributed by atoms with van der Waals surface area (Å²) in [6, 6.07) is 13.5. The maximum Gasteiger partial charge on any atom is 0.331 e. The average molecular weight is 351 g/mol. The van der Waals surface area contributed by atoms with E-state index in [1.807, 2.05) is 12.1 Å². The molecule has 0 aromatic heterocycles. The molecule has 0 saturated carbocycles. The van der Waals surface area contributed by atoms with Crippen LogP contribution in [0.25, 0.3) is 0 Å². The molecule has 0 heterocycles. The topological polar surface area (TPSA) is 58.2 Å². The number of hydrogen-bond acceptors (Lipinski definition) is 2. The molecule has 6 heteroatoms. The minimum atomic E-state index is -1.61. The molecule has 122 valence electrons. The van der Waals surface area contributed by atoms with Gasteiger partial charge < -0.3 is 5.32 Å². The third-order valence-electron chi connectivity index (χ3n) is 3.22. The van der Waals surface area contributed by atoms with Crippen LogP contribution < -0.4 is 10.0 Å². The number of anilines is 1. The Morgan fingerprint density at radius 2 is 1.57 bits per heavy atom. The minimum Gasteiger partial charge on any atom is -0.307 e. The summed E-state index contributed by atoms with van der Waals surface area (Å²) in [4.78, 5) is 12.4. The number of amides is 2. The second-order valence-electron chi connectivity index (χ2n) is 6.11. The summed E-state index contributed by atoms with van der Waals surface area (Å²) in [5.41, 5.74) is 1.75. The van der Waals surface area contributed by atoms with Crippen molar-refractivity contribution in [2.24, 2.45) is 0 Å². The van der Waals surface area contributed by atoms with Crippen molar-refractivity contribution in [2.45, 2.75) is 31.1 Å².